The molecule has 6 heteroatoms. The average molecular weight is 442 g/mol. The van der Waals surface area contributed by atoms with Crippen LogP contribution in [0.25, 0.3) is 11.1 Å². The highest BCUT2D eigenvalue weighted by molar-refractivity contribution is 6.09. The highest BCUT2D eigenvalue weighted by atomic mass is 16.2. The Morgan fingerprint density at radius 2 is 1.55 bits per heavy atom. The molecule has 1 fully saturated rings. The van der Waals surface area contributed by atoms with Crippen LogP contribution in [0.15, 0.2) is 78.9 Å². The summed E-state index contributed by atoms with van der Waals surface area (Å²) >= 11 is 0. The van der Waals surface area contributed by atoms with Crippen LogP contribution in [0.3, 0.4) is 0 Å². The number of hydrogen-bond donors (Lipinski definition) is 2. The van der Waals surface area contributed by atoms with Crippen LogP contribution >= 0.6 is 0 Å². The van der Waals surface area contributed by atoms with Gasteiger partial charge in [-0.3, -0.25) is 14.5 Å². The first-order valence-corrected chi connectivity index (χ1v) is 10.9. The Morgan fingerprint density at radius 3 is 2.18 bits per heavy atom. The van der Waals surface area contributed by atoms with Crippen LogP contribution in [-0.2, 0) is 15.1 Å². The molecule has 1 aliphatic heterocycles. The van der Waals surface area contributed by atoms with E-state index in [9.17, 15) is 14.4 Å². The molecule has 2 N–H and O–H groups in total. The van der Waals surface area contributed by atoms with Crippen molar-refractivity contribution in [2.75, 3.05) is 6.54 Å². The SMILES string of the molecule is Cc1ccc([C@]2(C)NC(=O)N(CC(=O)N[C@@H](C)c3ccc(-c4ccccc4)cc3)C2=O)cc1. The number of aryl methyl sites for hydroxylation is 1. The van der Waals surface area contributed by atoms with Gasteiger partial charge in [0, 0.05) is 0 Å². The molecule has 0 unspecified atom stereocenters. The molecule has 2 atom stereocenters. The van der Waals surface area contributed by atoms with E-state index in [1.54, 1.807) is 6.92 Å². The Hall–Kier alpha value is -3.93. The van der Waals surface area contributed by atoms with Crippen LogP contribution < -0.4 is 10.6 Å². The normalized spacial score (nSPS) is 18.7. The topological polar surface area (TPSA) is 78.5 Å². The summed E-state index contributed by atoms with van der Waals surface area (Å²) in [6.45, 7) is 5.15. The van der Waals surface area contributed by atoms with Crippen molar-refractivity contribution in [2.45, 2.75) is 32.4 Å². The first-order chi connectivity index (χ1) is 15.8. The minimum absolute atomic E-state index is 0.272. The molecule has 168 valence electrons. The molecule has 33 heavy (non-hydrogen) atoms. The smallest absolute Gasteiger partial charge is 0.325 e. The van der Waals surface area contributed by atoms with Gasteiger partial charge in [-0.05, 0) is 43.0 Å². The fourth-order valence-corrected chi connectivity index (χ4v) is 4.03. The molecule has 0 radical (unpaired) electrons. The van der Waals surface area contributed by atoms with Crippen molar-refractivity contribution in [3.8, 4) is 11.1 Å². The number of amides is 4. The second-order valence-corrected chi connectivity index (χ2v) is 8.59. The largest absolute Gasteiger partial charge is 0.348 e. The average Bonchev–Trinajstić information content (AvgIpc) is 3.04. The lowest BCUT2D eigenvalue weighted by Gasteiger charge is -2.22. The fourth-order valence-electron chi connectivity index (χ4n) is 4.03. The number of carbonyl (C=O) groups excluding carboxylic acids is 3. The van der Waals surface area contributed by atoms with E-state index in [2.05, 4.69) is 10.6 Å². The van der Waals surface area contributed by atoms with E-state index in [1.807, 2.05) is 92.7 Å². The first kappa shape index (κ1) is 22.3. The molecule has 4 amide bonds. The van der Waals surface area contributed by atoms with Crippen molar-refractivity contribution in [2.24, 2.45) is 0 Å². The van der Waals surface area contributed by atoms with E-state index in [0.29, 0.717) is 5.56 Å². The van der Waals surface area contributed by atoms with E-state index in [0.717, 1.165) is 27.2 Å². The maximum Gasteiger partial charge on any atom is 0.325 e. The molecule has 1 heterocycles. The number of imide groups is 1. The highest BCUT2D eigenvalue weighted by Crippen LogP contribution is 2.29. The van der Waals surface area contributed by atoms with Gasteiger partial charge in [0.25, 0.3) is 5.91 Å². The van der Waals surface area contributed by atoms with Crippen LogP contribution in [-0.4, -0.2) is 29.3 Å². The Balaban J connectivity index is 1.40. The van der Waals surface area contributed by atoms with Gasteiger partial charge >= 0.3 is 6.03 Å². The predicted molar refractivity (Wildman–Crippen MR) is 127 cm³/mol. The van der Waals surface area contributed by atoms with Crippen molar-refractivity contribution >= 4 is 17.8 Å². The first-order valence-electron chi connectivity index (χ1n) is 10.9. The molecule has 1 saturated heterocycles. The third-order valence-corrected chi connectivity index (χ3v) is 6.10. The zero-order valence-electron chi connectivity index (χ0n) is 19.0. The standard InChI is InChI=1S/C27H27N3O3/c1-18-9-15-23(16-10-18)27(3)25(32)30(26(33)29-27)17-24(31)28-19(2)20-11-13-22(14-12-20)21-7-5-4-6-8-21/h4-16,19H,17H2,1-3H3,(H,28,31)(H,29,33)/t19-,27-/m0/s1. The fraction of sp³-hybridized carbons (Fsp3) is 0.222. The lowest BCUT2D eigenvalue weighted by atomic mass is 9.91. The molecule has 0 aliphatic carbocycles. The van der Waals surface area contributed by atoms with Gasteiger partial charge in [-0.1, -0.05) is 84.4 Å². The summed E-state index contributed by atoms with van der Waals surface area (Å²) in [5.74, 6) is -0.835. The summed E-state index contributed by atoms with van der Waals surface area (Å²) in [4.78, 5) is 39.2. The number of nitrogens with one attached hydrogen (secondary N) is 2. The number of benzene rings is 3. The minimum Gasteiger partial charge on any atom is -0.348 e. The van der Waals surface area contributed by atoms with E-state index < -0.39 is 23.4 Å². The second-order valence-electron chi connectivity index (χ2n) is 8.59. The lowest BCUT2D eigenvalue weighted by Crippen LogP contribution is -2.43. The van der Waals surface area contributed by atoms with Crippen molar-refractivity contribution in [3.63, 3.8) is 0 Å². The molecule has 6 nitrogen and oxygen atoms in total. The highest BCUT2D eigenvalue weighted by Gasteiger charge is 2.49. The molecule has 0 spiro atoms. The van der Waals surface area contributed by atoms with Crippen LogP contribution in [0, 0.1) is 6.92 Å². The Labute approximate surface area is 193 Å². The predicted octanol–water partition coefficient (Wildman–Crippen LogP) is 4.31. The molecule has 3 aromatic carbocycles. The Bertz CT molecular complexity index is 1170. The van der Waals surface area contributed by atoms with Gasteiger partial charge in [0.1, 0.15) is 12.1 Å². The molecule has 1 aliphatic rings. The van der Waals surface area contributed by atoms with E-state index >= 15 is 0 Å². The van der Waals surface area contributed by atoms with E-state index in [1.165, 1.54) is 0 Å². The van der Waals surface area contributed by atoms with Crippen LogP contribution in [0.2, 0.25) is 0 Å². The minimum atomic E-state index is -1.19. The monoisotopic (exact) mass is 441 g/mol. The molecule has 3 aromatic rings. The van der Waals surface area contributed by atoms with Crippen LogP contribution in [0.1, 0.15) is 36.6 Å². The third kappa shape index (κ3) is 4.51. The van der Waals surface area contributed by atoms with Crippen LogP contribution in [0.5, 0.6) is 0 Å². The molecule has 0 saturated carbocycles. The summed E-state index contributed by atoms with van der Waals surface area (Å²) in [6.07, 6.45) is 0. The Kier molecular flexibility index (Phi) is 6.01. The number of hydrogen-bond acceptors (Lipinski definition) is 3. The maximum absolute atomic E-state index is 13.0. The van der Waals surface area contributed by atoms with Crippen molar-refractivity contribution < 1.29 is 14.4 Å². The van der Waals surface area contributed by atoms with E-state index in [-0.39, 0.29) is 12.6 Å². The van der Waals surface area contributed by atoms with Gasteiger partial charge in [-0.25, -0.2) is 4.79 Å². The van der Waals surface area contributed by atoms with Gasteiger partial charge < -0.3 is 10.6 Å². The zero-order valence-corrected chi connectivity index (χ0v) is 19.0. The number of carbonyl (C=O) groups is 3. The summed E-state index contributed by atoms with van der Waals surface area (Å²) in [5, 5.41) is 5.62. The van der Waals surface area contributed by atoms with Gasteiger partial charge in [0.2, 0.25) is 5.91 Å². The lowest BCUT2D eigenvalue weighted by molar-refractivity contribution is -0.135. The summed E-state index contributed by atoms with van der Waals surface area (Å²) in [7, 11) is 0. The molecule has 4 rings (SSSR count). The van der Waals surface area contributed by atoms with Crippen molar-refractivity contribution in [1.82, 2.24) is 15.5 Å². The van der Waals surface area contributed by atoms with Gasteiger partial charge in [-0.2, -0.15) is 0 Å². The molecule has 0 bridgehead atoms. The molecular weight excluding hydrogens is 414 g/mol. The molecular formula is C27H27N3O3. The number of urea groups is 1. The summed E-state index contributed by atoms with van der Waals surface area (Å²) < 4.78 is 0. The van der Waals surface area contributed by atoms with Gasteiger partial charge in [0.15, 0.2) is 0 Å². The third-order valence-electron chi connectivity index (χ3n) is 6.10. The van der Waals surface area contributed by atoms with Crippen LogP contribution in [0.4, 0.5) is 4.79 Å². The van der Waals surface area contributed by atoms with Crippen molar-refractivity contribution in [3.05, 3.63) is 95.6 Å². The molecule has 0 aromatic heterocycles. The maximum atomic E-state index is 13.0. The summed E-state index contributed by atoms with van der Waals surface area (Å²) in [5.41, 5.74) is 3.69. The number of nitrogens with zero attached hydrogens (tertiary/aromatic N) is 1. The van der Waals surface area contributed by atoms with Gasteiger partial charge in [-0.15, -0.1) is 0 Å². The second kappa shape index (κ2) is 8.90. The number of rotatable bonds is 6. The van der Waals surface area contributed by atoms with Crippen molar-refractivity contribution in [1.29, 1.82) is 0 Å². The zero-order chi connectivity index (χ0) is 23.6. The van der Waals surface area contributed by atoms with E-state index in [4.69, 9.17) is 0 Å². The summed E-state index contributed by atoms with van der Waals surface area (Å²) in [6, 6.07) is 24.6. The quantitative estimate of drug-likeness (QED) is 0.560. The van der Waals surface area contributed by atoms with Gasteiger partial charge in [0.05, 0.1) is 6.04 Å². The Morgan fingerprint density at radius 1 is 0.939 bits per heavy atom.